The Morgan fingerprint density at radius 3 is 2.31 bits per heavy atom. The lowest BCUT2D eigenvalue weighted by Gasteiger charge is -2.15. The Hall–Kier alpha value is -1.85. The average molecular weight is 226 g/mol. The van der Waals surface area contributed by atoms with Crippen LogP contribution < -0.4 is 5.73 Å². The Labute approximate surface area is 92.7 Å². The summed E-state index contributed by atoms with van der Waals surface area (Å²) >= 11 is 0. The lowest BCUT2D eigenvalue weighted by Crippen LogP contribution is -2.20. The molecule has 0 saturated carbocycles. The van der Waals surface area contributed by atoms with Gasteiger partial charge in [-0.3, -0.25) is 4.79 Å². The molecule has 16 heavy (non-hydrogen) atoms. The zero-order valence-corrected chi connectivity index (χ0v) is 9.66. The van der Waals surface area contributed by atoms with Gasteiger partial charge < -0.3 is 15.0 Å². The van der Waals surface area contributed by atoms with Gasteiger partial charge in [0.05, 0.1) is 7.11 Å². The van der Waals surface area contributed by atoms with Gasteiger partial charge in [0, 0.05) is 5.41 Å². The number of nitrogens with zero attached hydrogens (tertiary/aromatic N) is 1. The van der Waals surface area contributed by atoms with Gasteiger partial charge in [-0.25, -0.2) is 4.79 Å². The van der Waals surface area contributed by atoms with Crippen molar-refractivity contribution >= 4 is 11.9 Å². The fraction of sp³-hybridized carbons (Fsp3) is 0.500. The number of carbonyl (C=O) groups is 2. The highest BCUT2D eigenvalue weighted by atomic mass is 16.5. The molecule has 1 rings (SSSR count). The minimum absolute atomic E-state index is 0.00231. The van der Waals surface area contributed by atoms with Crippen LogP contribution in [0.3, 0.4) is 0 Å². The molecule has 6 nitrogen and oxygen atoms in total. The fourth-order valence-corrected chi connectivity index (χ4v) is 1.26. The van der Waals surface area contributed by atoms with E-state index >= 15 is 0 Å². The van der Waals surface area contributed by atoms with Gasteiger partial charge in [0.25, 0.3) is 5.91 Å². The maximum absolute atomic E-state index is 11.5. The lowest BCUT2D eigenvalue weighted by atomic mass is 9.88. The molecule has 88 valence electrons. The van der Waals surface area contributed by atoms with Crippen LogP contribution in [0.15, 0.2) is 4.52 Å². The number of aromatic nitrogens is 1. The summed E-state index contributed by atoms with van der Waals surface area (Å²) in [6.45, 7) is 5.51. The van der Waals surface area contributed by atoms with Crippen molar-refractivity contribution in [3.05, 3.63) is 17.0 Å². The van der Waals surface area contributed by atoms with E-state index in [1.165, 1.54) is 7.11 Å². The molecule has 0 aliphatic carbocycles. The molecule has 0 atom stereocenters. The largest absolute Gasteiger partial charge is 0.465 e. The number of hydrogen-bond donors (Lipinski definition) is 1. The van der Waals surface area contributed by atoms with Crippen LogP contribution in [-0.4, -0.2) is 24.1 Å². The van der Waals surface area contributed by atoms with Crippen molar-refractivity contribution in [3.8, 4) is 0 Å². The van der Waals surface area contributed by atoms with Gasteiger partial charge in [0.15, 0.2) is 0 Å². The summed E-state index contributed by atoms with van der Waals surface area (Å²) in [6.07, 6.45) is 0. The molecule has 6 heteroatoms. The zero-order valence-electron chi connectivity index (χ0n) is 9.66. The predicted octanol–water partition coefficient (Wildman–Crippen LogP) is 0.858. The quantitative estimate of drug-likeness (QED) is 0.754. The Bertz CT molecular complexity index is 429. The number of hydrogen-bond acceptors (Lipinski definition) is 5. The molecule has 0 spiro atoms. The van der Waals surface area contributed by atoms with E-state index in [0.717, 1.165) is 0 Å². The molecule has 0 radical (unpaired) electrons. The third kappa shape index (κ3) is 2.05. The van der Waals surface area contributed by atoms with Crippen molar-refractivity contribution in [2.45, 2.75) is 26.2 Å². The van der Waals surface area contributed by atoms with Crippen LogP contribution in [0.5, 0.6) is 0 Å². The van der Waals surface area contributed by atoms with Crippen molar-refractivity contribution in [2.75, 3.05) is 7.11 Å². The van der Waals surface area contributed by atoms with Crippen molar-refractivity contribution < 1.29 is 18.8 Å². The summed E-state index contributed by atoms with van der Waals surface area (Å²) in [5, 5.41) is 3.70. The minimum Gasteiger partial charge on any atom is -0.465 e. The molecule has 1 aromatic rings. The second-order valence-electron chi connectivity index (χ2n) is 4.34. The van der Waals surface area contributed by atoms with Gasteiger partial charge in [-0.2, -0.15) is 0 Å². The first-order valence-corrected chi connectivity index (χ1v) is 4.67. The van der Waals surface area contributed by atoms with Crippen LogP contribution in [-0.2, 0) is 10.2 Å². The normalized spacial score (nSPS) is 11.2. The van der Waals surface area contributed by atoms with E-state index in [9.17, 15) is 9.59 Å². The van der Waals surface area contributed by atoms with E-state index in [0.29, 0.717) is 5.69 Å². The molecule has 0 aromatic carbocycles. The monoisotopic (exact) mass is 226 g/mol. The van der Waals surface area contributed by atoms with E-state index in [1.54, 1.807) is 0 Å². The number of rotatable bonds is 2. The van der Waals surface area contributed by atoms with Crippen LogP contribution in [0.25, 0.3) is 0 Å². The van der Waals surface area contributed by atoms with Gasteiger partial charge in [0.1, 0.15) is 11.3 Å². The van der Waals surface area contributed by atoms with Crippen LogP contribution >= 0.6 is 0 Å². The summed E-state index contributed by atoms with van der Waals surface area (Å²) in [6, 6.07) is 0. The first-order chi connectivity index (χ1) is 7.29. The van der Waals surface area contributed by atoms with Gasteiger partial charge in [0.2, 0.25) is 5.76 Å². The van der Waals surface area contributed by atoms with Crippen molar-refractivity contribution in [2.24, 2.45) is 5.73 Å². The molecule has 1 heterocycles. The molecule has 0 bridgehead atoms. The van der Waals surface area contributed by atoms with Gasteiger partial charge >= 0.3 is 5.97 Å². The molecular weight excluding hydrogens is 212 g/mol. The molecule has 0 saturated heterocycles. The number of nitrogens with two attached hydrogens (primary N) is 1. The summed E-state index contributed by atoms with van der Waals surface area (Å²) in [5.41, 5.74) is 5.00. The number of ether oxygens (including phenoxy) is 1. The maximum Gasteiger partial charge on any atom is 0.344 e. The van der Waals surface area contributed by atoms with Crippen molar-refractivity contribution in [3.63, 3.8) is 0 Å². The third-order valence-corrected chi connectivity index (χ3v) is 2.02. The summed E-state index contributed by atoms with van der Waals surface area (Å²) in [5.74, 6) is -1.79. The first kappa shape index (κ1) is 12.2. The van der Waals surface area contributed by atoms with Gasteiger partial charge in [-0.05, 0) is 0 Å². The van der Waals surface area contributed by atoms with E-state index in [-0.39, 0.29) is 11.3 Å². The minimum atomic E-state index is -0.844. The molecule has 1 aromatic heterocycles. The van der Waals surface area contributed by atoms with Crippen LogP contribution in [0.1, 0.15) is 47.4 Å². The zero-order chi connectivity index (χ0) is 12.5. The van der Waals surface area contributed by atoms with Crippen LogP contribution in [0, 0.1) is 0 Å². The van der Waals surface area contributed by atoms with Crippen LogP contribution in [0.4, 0.5) is 0 Å². The van der Waals surface area contributed by atoms with E-state index in [4.69, 9.17) is 10.3 Å². The molecule has 1 amide bonds. The third-order valence-electron chi connectivity index (χ3n) is 2.02. The molecule has 0 aliphatic rings. The Balaban J connectivity index is 3.43. The standard InChI is InChI=1S/C10H14N2O4/c1-10(2,3)7-5(9(14)15-4)6(8(11)13)16-12-7/h1-4H3,(H2,11,13). The SMILES string of the molecule is COC(=O)c1c(C(C)(C)C)noc1C(N)=O. The van der Waals surface area contributed by atoms with Crippen molar-refractivity contribution in [1.82, 2.24) is 5.16 Å². The second-order valence-corrected chi connectivity index (χ2v) is 4.34. The highest BCUT2D eigenvalue weighted by Gasteiger charge is 2.32. The number of amides is 1. The number of primary amides is 1. The number of methoxy groups -OCH3 is 1. The predicted molar refractivity (Wildman–Crippen MR) is 55.1 cm³/mol. The fourth-order valence-electron chi connectivity index (χ4n) is 1.26. The lowest BCUT2D eigenvalue weighted by molar-refractivity contribution is 0.0592. The summed E-state index contributed by atoms with van der Waals surface area (Å²) in [4.78, 5) is 22.6. The summed E-state index contributed by atoms with van der Waals surface area (Å²) in [7, 11) is 1.21. The first-order valence-electron chi connectivity index (χ1n) is 4.67. The molecule has 2 N–H and O–H groups in total. The number of esters is 1. The molecule has 0 unspecified atom stereocenters. The summed E-state index contributed by atoms with van der Waals surface area (Å²) < 4.78 is 9.36. The van der Waals surface area contributed by atoms with Gasteiger partial charge in [-0.15, -0.1) is 0 Å². The Morgan fingerprint density at radius 2 is 1.94 bits per heavy atom. The molecule has 0 fully saturated rings. The Morgan fingerprint density at radius 1 is 1.38 bits per heavy atom. The van der Waals surface area contributed by atoms with E-state index in [2.05, 4.69) is 9.89 Å². The smallest absolute Gasteiger partial charge is 0.344 e. The number of carbonyl (C=O) groups excluding carboxylic acids is 2. The van der Waals surface area contributed by atoms with Gasteiger partial charge in [-0.1, -0.05) is 25.9 Å². The molecular formula is C10H14N2O4. The Kier molecular flexibility index (Phi) is 3.02. The molecule has 0 aliphatic heterocycles. The second kappa shape index (κ2) is 3.96. The van der Waals surface area contributed by atoms with E-state index < -0.39 is 17.3 Å². The van der Waals surface area contributed by atoms with Crippen molar-refractivity contribution in [1.29, 1.82) is 0 Å². The highest BCUT2D eigenvalue weighted by Crippen LogP contribution is 2.27. The van der Waals surface area contributed by atoms with Crippen LogP contribution in [0.2, 0.25) is 0 Å². The maximum atomic E-state index is 11.5. The van der Waals surface area contributed by atoms with E-state index in [1.807, 2.05) is 20.8 Å². The topological polar surface area (TPSA) is 95.4 Å². The average Bonchev–Trinajstić information content (AvgIpc) is 2.59. The highest BCUT2D eigenvalue weighted by molar-refractivity contribution is 6.03.